The summed E-state index contributed by atoms with van der Waals surface area (Å²) in [7, 11) is 2.18. The molecule has 0 aliphatic rings. The second-order valence-electron chi connectivity index (χ2n) is 16.5. The monoisotopic (exact) mass is 835 g/mol. The number of thiophene rings is 1. The molecule has 2 aromatic heterocycles. The fraction of sp³-hybridized carbons (Fsp3) is 0.0164. The van der Waals surface area contributed by atoms with Crippen LogP contribution in [0.3, 0.4) is 0 Å². The summed E-state index contributed by atoms with van der Waals surface area (Å²) in [4.78, 5) is 2.32. The number of anilines is 2. The van der Waals surface area contributed by atoms with E-state index in [1.54, 1.807) is 0 Å². The Kier molecular flexibility index (Phi) is 9.28. The minimum atomic E-state index is 0.957. The van der Waals surface area contributed by atoms with Crippen molar-refractivity contribution in [1.82, 2.24) is 0 Å². The molecule has 13 rings (SSSR count). The van der Waals surface area contributed by atoms with Crippen LogP contribution in [0.25, 0.3) is 108 Å². The predicted molar refractivity (Wildman–Crippen MR) is 276 cm³/mol. The Morgan fingerprint density at radius 3 is 1.72 bits per heavy atom. The van der Waals surface area contributed by atoms with Crippen LogP contribution in [0.4, 0.5) is 11.4 Å². The number of rotatable bonds is 5. The molecule has 0 unspecified atom stereocenters. The third kappa shape index (κ3) is 6.57. The van der Waals surface area contributed by atoms with Gasteiger partial charge in [0.1, 0.15) is 11.2 Å². The Labute approximate surface area is 375 Å². The quantitative estimate of drug-likeness (QED) is 0.172. The highest BCUT2D eigenvalue weighted by molar-refractivity contribution is 7.26. The summed E-state index contributed by atoms with van der Waals surface area (Å²) >= 11 is 1.88. The van der Waals surface area contributed by atoms with Crippen molar-refractivity contribution in [2.75, 3.05) is 11.9 Å². The van der Waals surface area contributed by atoms with Crippen LogP contribution in [0.1, 0.15) is 0 Å². The number of furan rings is 1. The maximum atomic E-state index is 5.86. The topological polar surface area (TPSA) is 16.4 Å². The minimum Gasteiger partial charge on any atom is -0.456 e. The second-order valence-corrected chi connectivity index (χ2v) is 17.5. The van der Waals surface area contributed by atoms with Gasteiger partial charge in [-0.15, -0.1) is 11.3 Å². The summed E-state index contributed by atoms with van der Waals surface area (Å²) in [5.74, 6) is 0. The van der Waals surface area contributed by atoms with Crippen LogP contribution in [0, 0.1) is 0 Å². The number of nitrogens with zero attached hydrogens (tertiary/aromatic N) is 1. The van der Waals surface area contributed by atoms with Gasteiger partial charge in [-0.25, -0.2) is 0 Å². The molecular formula is C61H41NOS. The van der Waals surface area contributed by atoms with Crippen molar-refractivity contribution in [3.05, 3.63) is 231 Å². The average molecular weight is 836 g/mol. The van der Waals surface area contributed by atoms with Crippen molar-refractivity contribution < 1.29 is 4.42 Å². The predicted octanol–water partition coefficient (Wildman–Crippen LogP) is 17.9. The summed E-state index contributed by atoms with van der Waals surface area (Å²) in [5, 5.41) is 12.7. The maximum Gasteiger partial charge on any atom is 0.136 e. The maximum absolute atomic E-state index is 5.86. The van der Waals surface area contributed by atoms with Crippen molar-refractivity contribution in [3.8, 4) is 33.4 Å². The molecule has 13 aromatic rings. The molecule has 0 atom stereocenters. The summed E-state index contributed by atoms with van der Waals surface area (Å²) in [6.45, 7) is 0. The van der Waals surface area contributed by atoms with Crippen molar-refractivity contribution >= 4 is 97.1 Å². The molecule has 11 aromatic carbocycles. The molecule has 2 heterocycles. The van der Waals surface area contributed by atoms with E-state index >= 15 is 0 Å². The molecule has 0 bridgehead atoms. The molecule has 0 fully saturated rings. The van der Waals surface area contributed by atoms with E-state index in [9.17, 15) is 0 Å². The van der Waals surface area contributed by atoms with Crippen LogP contribution in [0.15, 0.2) is 235 Å². The van der Waals surface area contributed by atoms with Crippen molar-refractivity contribution in [2.45, 2.75) is 0 Å². The summed E-state index contributed by atoms with van der Waals surface area (Å²) in [5.41, 5.74) is 11.6. The Bertz CT molecular complexity index is 3840. The molecule has 64 heavy (non-hydrogen) atoms. The molecular weight excluding hydrogens is 795 g/mol. The third-order valence-corrected chi connectivity index (χ3v) is 13.9. The van der Waals surface area contributed by atoms with E-state index in [2.05, 4.69) is 230 Å². The minimum absolute atomic E-state index is 0.957. The number of fused-ring (bicyclic) bond motifs is 11. The van der Waals surface area contributed by atoms with E-state index < -0.39 is 0 Å². The molecule has 0 radical (unpaired) electrons. The lowest BCUT2D eigenvalue weighted by Crippen LogP contribution is -2.10. The number of hydrogen-bond acceptors (Lipinski definition) is 3. The van der Waals surface area contributed by atoms with Gasteiger partial charge >= 0.3 is 0 Å². The zero-order valence-electron chi connectivity index (χ0n) is 35.2. The lowest BCUT2D eigenvalue weighted by Gasteiger charge is -2.23. The lowest BCUT2D eigenvalue weighted by molar-refractivity contribution is 0.669. The first-order valence-corrected chi connectivity index (χ1v) is 22.6. The molecule has 0 aliphatic heterocycles. The van der Waals surface area contributed by atoms with Gasteiger partial charge < -0.3 is 9.32 Å². The highest BCUT2D eigenvalue weighted by Gasteiger charge is 2.16. The normalized spacial score (nSPS) is 11.5. The molecule has 0 saturated carbocycles. The molecule has 0 amide bonds. The zero-order valence-corrected chi connectivity index (χ0v) is 36.0. The van der Waals surface area contributed by atoms with E-state index in [0.29, 0.717) is 0 Å². The van der Waals surface area contributed by atoms with E-state index in [-0.39, 0.29) is 0 Å². The van der Waals surface area contributed by atoms with Crippen LogP contribution in [-0.2, 0) is 0 Å². The second kappa shape index (κ2) is 15.7. The van der Waals surface area contributed by atoms with Gasteiger partial charge in [-0.05, 0) is 115 Å². The largest absolute Gasteiger partial charge is 0.456 e. The van der Waals surface area contributed by atoms with Crippen LogP contribution >= 0.6 is 11.3 Å². The molecule has 0 saturated heterocycles. The molecule has 0 N–H and O–H groups in total. The standard InChI is InChI=1S/C45H31NS.C16H10O/c1-46(42-18-10-17-38-40(32-13-6-3-7-14-32)27-35(28-41(38)42)30-11-4-2-5-12-30)36-23-19-31(20-24-36)34-21-25-39-44(29-34)47-43-26-22-33-15-8-9-16-37(33)45(39)43;1-2-6-12-11(5-1)9-10-15-16(12)13-7-3-4-8-14(13)17-15/h2-29H,1H3;1-10H. The van der Waals surface area contributed by atoms with E-state index in [4.69, 9.17) is 4.42 Å². The van der Waals surface area contributed by atoms with Gasteiger partial charge in [-0.1, -0.05) is 176 Å². The molecule has 0 spiro atoms. The lowest BCUT2D eigenvalue weighted by atomic mass is 9.92. The fourth-order valence-corrected chi connectivity index (χ4v) is 10.7. The third-order valence-electron chi connectivity index (χ3n) is 12.7. The molecule has 302 valence electrons. The van der Waals surface area contributed by atoms with Crippen LogP contribution in [0.5, 0.6) is 0 Å². The van der Waals surface area contributed by atoms with Gasteiger partial charge in [0.05, 0.1) is 0 Å². The molecule has 0 aliphatic carbocycles. The van der Waals surface area contributed by atoms with Gasteiger partial charge in [0, 0.05) is 54.8 Å². The van der Waals surface area contributed by atoms with Gasteiger partial charge in [0.15, 0.2) is 0 Å². The van der Waals surface area contributed by atoms with Gasteiger partial charge in [-0.2, -0.15) is 0 Å². The van der Waals surface area contributed by atoms with E-state index in [1.807, 2.05) is 23.5 Å². The van der Waals surface area contributed by atoms with E-state index in [1.165, 1.54) is 102 Å². The molecule has 3 heteroatoms. The van der Waals surface area contributed by atoms with Crippen molar-refractivity contribution in [1.29, 1.82) is 0 Å². The number of para-hydroxylation sites is 1. The highest BCUT2D eigenvalue weighted by Crippen LogP contribution is 2.42. The first-order chi connectivity index (χ1) is 31.6. The Hall–Kier alpha value is -7.98. The van der Waals surface area contributed by atoms with Crippen LogP contribution in [-0.4, -0.2) is 7.05 Å². The fourth-order valence-electron chi connectivity index (χ4n) is 9.55. The first-order valence-electron chi connectivity index (χ1n) is 21.8. The smallest absolute Gasteiger partial charge is 0.136 e. The van der Waals surface area contributed by atoms with Crippen LogP contribution in [0.2, 0.25) is 0 Å². The van der Waals surface area contributed by atoms with Crippen molar-refractivity contribution in [2.24, 2.45) is 0 Å². The number of benzene rings is 11. The van der Waals surface area contributed by atoms with Gasteiger partial charge in [0.2, 0.25) is 0 Å². The zero-order chi connectivity index (χ0) is 42.6. The van der Waals surface area contributed by atoms with Crippen molar-refractivity contribution in [3.63, 3.8) is 0 Å². The summed E-state index contributed by atoms with van der Waals surface area (Å²) in [6, 6.07) is 82.7. The molecule has 2 nitrogen and oxygen atoms in total. The SMILES string of the molecule is CN(c1ccc(-c2ccc3c(c2)sc2ccc4ccccc4c23)cc1)c1cccc2c(-c3ccccc3)cc(-c3ccccc3)cc12.c1ccc2c(c1)ccc1oc3ccccc3c12. The first kappa shape index (κ1) is 37.8. The summed E-state index contributed by atoms with van der Waals surface area (Å²) in [6.07, 6.45) is 0. The Morgan fingerprint density at radius 2 is 0.953 bits per heavy atom. The number of hydrogen-bond donors (Lipinski definition) is 0. The Morgan fingerprint density at radius 1 is 0.344 bits per heavy atom. The Balaban J connectivity index is 0.000000211. The summed E-state index contributed by atoms with van der Waals surface area (Å²) < 4.78 is 8.53. The van der Waals surface area contributed by atoms with Gasteiger partial charge in [0.25, 0.3) is 0 Å². The van der Waals surface area contributed by atoms with E-state index in [0.717, 1.165) is 16.9 Å². The average Bonchev–Trinajstić information content (AvgIpc) is 3.95. The highest BCUT2D eigenvalue weighted by atomic mass is 32.1. The van der Waals surface area contributed by atoms with Gasteiger partial charge in [-0.3, -0.25) is 0 Å². The van der Waals surface area contributed by atoms with Crippen LogP contribution < -0.4 is 4.90 Å².